The Morgan fingerprint density at radius 3 is 2.33 bits per heavy atom. The molecule has 128 valence electrons. The number of carbonyl (C=O) groups is 1. The van der Waals surface area contributed by atoms with Gasteiger partial charge in [-0.2, -0.15) is 0 Å². The summed E-state index contributed by atoms with van der Waals surface area (Å²) < 4.78 is 0. The summed E-state index contributed by atoms with van der Waals surface area (Å²) in [7, 11) is 0. The molecule has 1 amide bonds. The molecule has 1 spiro atoms. The van der Waals surface area contributed by atoms with Crippen LogP contribution in [0.4, 0.5) is 5.69 Å². The van der Waals surface area contributed by atoms with E-state index in [2.05, 4.69) is 11.8 Å². The number of nitrogens with zero attached hydrogens (tertiary/aromatic N) is 2. The first-order valence-corrected chi connectivity index (χ1v) is 9.42. The number of rotatable bonds is 3. The van der Waals surface area contributed by atoms with Gasteiger partial charge in [-0.1, -0.05) is 44.0 Å². The van der Waals surface area contributed by atoms with Crippen LogP contribution in [0.5, 0.6) is 0 Å². The molecule has 0 bridgehead atoms. The average Bonchev–Trinajstić information content (AvgIpc) is 2.64. The largest absolute Gasteiger partial charge is 0.339 e. The van der Waals surface area contributed by atoms with Crippen LogP contribution in [-0.2, 0) is 0 Å². The van der Waals surface area contributed by atoms with Crippen LogP contribution in [0.2, 0.25) is 0 Å². The van der Waals surface area contributed by atoms with E-state index in [1.165, 1.54) is 38.5 Å². The maximum absolute atomic E-state index is 12.7. The minimum Gasteiger partial charge on any atom is -0.339 e. The molecule has 3 heteroatoms. The predicted octanol–water partition coefficient (Wildman–Crippen LogP) is 5.45. The normalized spacial score (nSPS) is 20.8. The molecule has 1 aromatic carbocycles. The zero-order valence-electron chi connectivity index (χ0n) is 14.8. The number of benzene rings is 1. The van der Waals surface area contributed by atoms with Crippen molar-refractivity contribution in [2.24, 2.45) is 11.3 Å². The molecule has 0 atom stereocenters. The Morgan fingerprint density at radius 1 is 1.17 bits per heavy atom. The summed E-state index contributed by atoms with van der Waals surface area (Å²) in [6.45, 7) is 11.1. The quantitative estimate of drug-likeness (QED) is 0.678. The third kappa shape index (κ3) is 3.64. The van der Waals surface area contributed by atoms with Gasteiger partial charge in [0.15, 0.2) is 5.69 Å². The Balaban J connectivity index is 1.55. The van der Waals surface area contributed by atoms with Crippen molar-refractivity contribution in [3.8, 4) is 0 Å². The third-order valence-corrected chi connectivity index (χ3v) is 6.22. The molecule has 1 saturated carbocycles. The van der Waals surface area contributed by atoms with Crippen molar-refractivity contribution in [1.29, 1.82) is 0 Å². The van der Waals surface area contributed by atoms with Gasteiger partial charge in [0, 0.05) is 18.7 Å². The summed E-state index contributed by atoms with van der Waals surface area (Å²) in [5, 5.41) is 0. The number of carbonyl (C=O) groups excluding carboxylic acids is 1. The van der Waals surface area contributed by atoms with Crippen LogP contribution in [0, 0.1) is 17.9 Å². The highest BCUT2D eigenvalue weighted by Crippen LogP contribution is 2.47. The van der Waals surface area contributed by atoms with Crippen LogP contribution in [0.25, 0.3) is 4.85 Å². The minimum atomic E-state index is 0.126. The predicted molar refractivity (Wildman–Crippen MR) is 97.1 cm³/mol. The summed E-state index contributed by atoms with van der Waals surface area (Å²) in [5.41, 5.74) is 1.81. The van der Waals surface area contributed by atoms with Gasteiger partial charge >= 0.3 is 0 Å². The van der Waals surface area contributed by atoms with Crippen LogP contribution < -0.4 is 0 Å². The molecule has 0 unspecified atom stereocenters. The molecule has 0 N–H and O–H groups in total. The summed E-state index contributed by atoms with van der Waals surface area (Å²) in [6, 6.07) is 7.05. The molecule has 1 aromatic rings. The maximum atomic E-state index is 12.7. The van der Waals surface area contributed by atoms with Gasteiger partial charge in [-0.3, -0.25) is 4.79 Å². The first-order chi connectivity index (χ1) is 11.7. The molecule has 1 aliphatic carbocycles. The smallest absolute Gasteiger partial charge is 0.253 e. The summed E-state index contributed by atoms with van der Waals surface area (Å²) in [4.78, 5) is 18.1. The fraction of sp³-hybridized carbons (Fsp3) is 0.619. The topological polar surface area (TPSA) is 24.7 Å². The molecule has 2 fully saturated rings. The van der Waals surface area contributed by atoms with Crippen LogP contribution in [0.1, 0.15) is 68.6 Å². The van der Waals surface area contributed by atoms with Crippen LogP contribution in [0.3, 0.4) is 0 Å². The number of likely N-dealkylation sites (tertiary alicyclic amines) is 1. The molecule has 1 heterocycles. The molecule has 2 aliphatic rings. The van der Waals surface area contributed by atoms with E-state index in [-0.39, 0.29) is 5.91 Å². The molecule has 0 radical (unpaired) electrons. The van der Waals surface area contributed by atoms with Gasteiger partial charge in [0.2, 0.25) is 0 Å². The van der Waals surface area contributed by atoms with E-state index in [1.54, 1.807) is 24.3 Å². The SMILES string of the molecule is [C-]#[N+]c1ccc(C(=O)N2CCC3(CCC(CCC)CC3)CC2)cc1. The fourth-order valence-electron chi connectivity index (χ4n) is 4.53. The van der Waals surface area contributed by atoms with E-state index < -0.39 is 0 Å². The molecule has 1 aliphatic heterocycles. The molecular weight excluding hydrogens is 296 g/mol. The lowest BCUT2D eigenvalue weighted by Gasteiger charge is -2.46. The van der Waals surface area contributed by atoms with Crippen molar-refractivity contribution >= 4 is 11.6 Å². The highest BCUT2D eigenvalue weighted by atomic mass is 16.2. The average molecular weight is 324 g/mol. The van der Waals surface area contributed by atoms with Crippen molar-refractivity contribution in [1.82, 2.24) is 4.90 Å². The van der Waals surface area contributed by atoms with Gasteiger partial charge in [-0.15, -0.1) is 0 Å². The molecule has 3 nitrogen and oxygen atoms in total. The zero-order valence-corrected chi connectivity index (χ0v) is 14.8. The Morgan fingerprint density at radius 2 is 1.79 bits per heavy atom. The highest BCUT2D eigenvalue weighted by Gasteiger charge is 2.38. The second-order valence-corrected chi connectivity index (χ2v) is 7.68. The summed E-state index contributed by atoms with van der Waals surface area (Å²) >= 11 is 0. The van der Waals surface area contributed by atoms with Crippen molar-refractivity contribution < 1.29 is 4.79 Å². The second-order valence-electron chi connectivity index (χ2n) is 7.68. The molecule has 3 rings (SSSR count). The Kier molecular flexibility index (Phi) is 5.23. The van der Waals surface area contributed by atoms with Gasteiger partial charge in [0.1, 0.15) is 0 Å². The summed E-state index contributed by atoms with van der Waals surface area (Å²) in [5.74, 6) is 1.07. The Hall–Kier alpha value is -1.82. The van der Waals surface area contributed by atoms with Crippen LogP contribution >= 0.6 is 0 Å². The van der Waals surface area contributed by atoms with E-state index in [0.717, 1.165) is 31.8 Å². The standard InChI is InChI=1S/C21H28N2O/c1-3-4-17-9-11-21(12-10-17)13-15-23(16-14-21)20(24)18-5-7-19(22-2)8-6-18/h5-8,17H,3-4,9-16H2,1H3. The third-order valence-electron chi connectivity index (χ3n) is 6.22. The van der Waals surface area contributed by atoms with Gasteiger partial charge in [0.05, 0.1) is 6.57 Å². The first kappa shape index (κ1) is 17.0. The number of hydrogen-bond acceptors (Lipinski definition) is 1. The van der Waals surface area contributed by atoms with E-state index in [9.17, 15) is 4.79 Å². The second kappa shape index (κ2) is 7.38. The number of hydrogen-bond donors (Lipinski definition) is 0. The van der Waals surface area contributed by atoms with Crippen LogP contribution in [0.15, 0.2) is 24.3 Å². The Bertz CT molecular complexity index is 596. The molecule has 0 aromatic heterocycles. The number of piperidine rings is 1. The fourth-order valence-corrected chi connectivity index (χ4v) is 4.53. The lowest BCUT2D eigenvalue weighted by Crippen LogP contribution is -2.44. The molecular formula is C21H28N2O. The monoisotopic (exact) mass is 324 g/mol. The highest BCUT2D eigenvalue weighted by molar-refractivity contribution is 5.94. The minimum absolute atomic E-state index is 0.126. The van der Waals surface area contributed by atoms with Crippen molar-refractivity contribution in [2.45, 2.75) is 58.3 Å². The summed E-state index contributed by atoms with van der Waals surface area (Å²) in [6.07, 6.45) is 10.5. The zero-order chi connectivity index (χ0) is 17.0. The van der Waals surface area contributed by atoms with Gasteiger partial charge < -0.3 is 4.90 Å². The van der Waals surface area contributed by atoms with E-state index in [1.807, 2.05) is 4.90 Å². The van der Waals surface area contributed by atoms with Gasteiger partial charge in [0.25, 0.3) is 5.91 Å². The van der Waals surface area contributed by atoms with Crippen molar-refractivity contribution in [3.05, 3.63) is 41.2 Å². The van der Waals surface area contributed by atoms with Crippen molar-refractivity contribution in [2.75, 3.05) is 13.1 Å². The van der Waals surface area contributed by atoms with Gasteiger partial charge in [-0.05, 0) is 49.9 Å². The first-order valence-electron chi connectivity index (χ1n) is 9.42. The van der Waals surface area contributed by atoms with Gasteiger partial charge in [-0.25, -0.2) is 4.85 Å². The van der Waals surface area contributed by atoms with E-state index in [0.29, 0.717) is 16.7 Å². The lowest BCUT2D eigenvalue weighted by atomic mass is 9.65. The lowest BCUT2D eigenvalue weighted by molar-refractivity contribution is 0.0394. The number of amides is 1. The van der Waals surface area contributed by atoms with E-state index in [4.69, 9.17) is 6.57 Å². The molecule has 1 saturated heterocycles. The van der Waals surface area contributed by atoms with Crippen LogP contribution in [-0.4, -0.2) is 23.9 Å². The van der Waals surface area contributed by atoms with Crippen molar-refractivity contribution in [3.63, 3.8) is 0 Å². The molecule has 24 heavy (non-hydrogen) atoms. The van der Waals surface area contributed by atoms with E-state index >= 15 is 0 Å². The maximum Gasteiger partial charge on any atom is 0.253 e. The Labute approximate surface area is 145 Å².